The number of carbonyl (C=O) groups excluding carboxylic acids is 1. The molecular formula is C25H17ClN4O3. The quantitative estimate of drug-likeness (QED) is 0.461. The maximum atomic E-state index is 13.0. The first-order valence-electron chi connectivity index (χ1n) is 10.2. The van der Waals surface area contributed by atoms with Crippen LogP contribution in [-0.4, -0.2) is 35.2 Å². The summed E-state index contributed by atoms with van der Waals surface area (Å²) in [5, 5.41) is 13.1. The number of fused-ring (bicyclic) bond motifs is 1. The van der Waals surface area contributed by atoms with Gasteiger partial charge in [-0.25, -0.2) is 9.97 Å². The molecule has 1 fully saturated rings. The van der Waals surface area contributed by atoms with Crippen molar-refractivity contribution in [2.24, 2.45) is 0 Å². The highest BCUT2D eigenvalue weighted by molar-refractivity contribution is 6.34. The van der Waals surface area contributed by atoms with Crippen LogP contribution in [0.4, 0.5) is 5.82 Å². The van der Waals surface area contributed by atoms with Crippen molar-refractivity contribution < 1.29 is 14.3 Å². The van der Waals surface area contributed by atoms with Gasteiger partial charge in [-0.1, -0.05) is 23.7 Å². The number of nitriles is 1. The summed E-state index contributed by atoms with van der Waals surface area (Å²) in [5.41, 5.74) is 2.84. The number of anilines is 1. The smallest absolute Gasteiger partial charge is 0.257 e. The SMILES string of the molecule is N#Cc1ccc(-c2c(Cl)cc(C(=O)Nc3ccc4cccnc4n3)cc2OC2COC2)cc1. The summed E-state index contributed by atoms with van der Waals surface area (Å²) >= 11 is 6.63. The van der Waals surface area contributed by atoms with E-state index >= 15 is 0 Å². The molecule has 162 valence electrons. The summed E-state index contributed by atoms with van der Waals surface area (Å²) in [6, 6.07) is 19.7. The van der Waals surface area contributed by atoms with Crippen LogP contribution in [0.5, 0.6) is 5.75 Å². The van der Waals surface area contributed by atoms with Crippen LogP contribution in [0.15, 0.2) is 66.9 Å². The van der Waals surface area contributed by atoms with E-state index in [0.717, 1.165) is 10.9 Å². The number of hydrogen-bond acceptors (Lipinski definition) is 6. The van der Waals surface area contributed by atoms with Crippen LogP contribution in [-0.2, 0) is 4.74 Å². The van der Waals surface area contributed by atoms with Crippen LogP contribution in [0.2, 0.25) is 5.02 Å². The van der Waals surface area contributed by atoms with Gasteiger partial charge in [0.1, 0.15) is 17.7 Å². The Balaban J connectivity index is 1.48. The molecule has 3 heterocycles. The molecule has 1 aliphatic heterocycles. The Bertz CT molecular complexity index is 1400. The van der Waals surface area contributed by atoms with Gasteiger partial charge in [0.2, 0.25) is 0 Å². The molecule has 8 heteroatoms. The molecule has 2 aromatic heterocycles. The van der Waals surface area contributed by atoms with E-state index in [2.05, 4.69) is 21.4 Å². The largest absolute Gasteiger partial charge is 0.485 e. The van der Waals surface area contributed by atoms with E-state index in [1.807, 2.05) is 18.2 Å². The first kappa shape index (κ1) is 20.9. The Morgan fingerprint density at radius 3 is 2.70 bits per heavy atom. The van der Waals surface area contributed by atoms with Gasteiger partial charge in [0.15, 0.2) is 5.65 Å². The van der Waals surface area contributed by atoms with Crippen molar-refractivity contribution in [1.29, 1.82) is 5.26 Å². The van der Waals surface area contributed by atoms with Crippen molar-refractivity contribution >= 4 is 34.4 Å². The van der Waals surface area contributed by atoms with Crippen LogP contribution < -0.4 is 10.1 Å². The van der Waals surface area contributed by atoms with Crippen molar-refractivity contribution in [3.05, 3.63) is 83.0 Å². The molecule has 1 amide bonds. The second-order valence-electron chi connectivity index (χ2n) is 7.50. The molecule has 0 unspecified atom stereocenters. The zero-order valence-corrected chi connectivity index (χ0v) is 18.0. The molecular weight excluding hydrogens is 440 g/mol. The maximum absolute atomic E-state index is 13.0. The maximum Gasteiger partial charge on any atom is 0.257 e. The molecule has 33 heavy (non-hydrogen) atoms. The number of hydrogen-bond donors (Lipinski definition) is 1. The third-order valence-corrected chi connectivity index (χ3v) is 5.52. The number of pyridine rings is 2. The lowest BCUT2D eigenvalue weighted by Crippen LogP contribution is -2.38. The average Bonchev–Trinajstić information content (AvgIpc) is 2.81. The normalized spacial score (nSPS) is 13.2. The van der Waals surface area contributed by atoms with E-state index in [9.17, 15) is 4.79 Å². The number of nitrogens with one attached hydrogen (secondary N) is 1. The molecule has 0 radical (unpaired) electrons. The molecule has 7 nitrogen and oxygen atoms in total. The summed E-state index contributed by atoms with van der Waals surface area (Å²) in [6.07, 6.45) is 1.53. The van der Waals surface area contributed by atoms with Gasteiger partial charge < -0.3 is 14.8 Å². The Labute approximate surface area is 194 Å². The van der Waals surface area contributed by atoms with Gasteiger partial charge in [0.05, 0.1) is 29.9 Å². The fraction of sp³-hybridized carbons (Fsp3) is 0.120. The van der Waals surface area contributed by atoms with Gasteiger partial charge in [0.25, 0.3) is 5.91 Å². The number of aromatic nitrogens is 2. The van der Waals surface area contributed by atoms with Gasteiger partial charge in [-0.2, -0.15) is 5.26 Å². The average molecular weight is 457 g/mol. The lowest BCUT2D eigenvalue weighted by Gasteiger charge is -2.28. The minimum Gasteiger partial charge on any atom is -0.485 e. The highest BCUT2D eigenvalue weighted by atomic mass is 35.5. The summed E-state index contributed by atoms with van der Waals surface area (Å²) in [4.78, 5) is 21.6. The van der Waals surface area contributed by atoms with E-state index in [4.69, 9.17) is 26.3 Å². The van der Waals surface area contributed by atoms with Crippen molar-refractivity contribution in [1.82, 2.24) is 9.97 Å². The molecule has 0 spiro atoms. The van der Waals surface area contributed by atoms with E-state index in [0.29, 0.717) is 52.1 Å². The van der Waals surface area contributed by atoms with Crippen LogP contribution in [0.1, 0.15) is 15.9 Å². The minimum atomic E-state index is -0.374. The number of benzene rings is 2. The number of nitrogens with zero attached hydrogens (tertiary/aromatic N) is 3. The van der Waals surface area contributed by atoms with Gasteiger partial charge >= 0.3 is 0 Å². The first-order chi connectivity index (χ1) is 16.1. The number of carbonyl (C=O) groups is 1. The molecule has 5 rings (SSSR count). The van der Waals surface area contributed by atoms with Gasteiger partial charge in [-0.3, -0.25) is 4.79 Å². The van der Waals surface area contributed by atoms with Crippen molar-refractivity contribution in [2.75, 3.05) is 18.5 Å². The topological polar surface area (TPSA) is 97.1 Å². The summed E-state index contributed by atoms with van der Waals surface area (Å²) in [6.45, 7) is 0.934. The van der Waals surface area contributed by atoms with Crippen molar-refractivity contribution in [3.63, 3.8) is 0 Å². The number of amides is 1. The standard InChI is InChI=1S/C25H17ClN4O3/c26-20-10-18(25(31)30-22-8-7-17-2-1-9-28-24(17)29-22)11-21(33-19-13-32-14-19)23(20)16-5-3-15(12-27)4-6-16/h1-11,19H,13-14H2,(H,28,29,30,31). The van der Waals surface area contributed by atoms with E-state index in [1.54, 1.807) is 48.7 Å². The fourth-order valence-corrected chi connectivity index (χ4v) is 3.79. The van der Waals surface area contributed by atoms with Crippen LogP contribution in [0, 0.1) is 11.3 Å². The lowest BCUT2D eigenvalue weighted by molar-refractivity contribution is -0.0794. The number of ether oxygens (including phenoxy) is 2. The Hall–Kier alpha value is -3.99. The monoisotopic (exact) mass is 456 g/mol. The van der Waals surface area contributed by atoms with Crippen LogP contribution >= 0.6 is 11.6 Å². The second kappa shape index (κ2) is 8.87. The van der Waals surface area contributed by atoms with Crippen molar-refractivity contribution in [3.8, 4) is 22.9 Å². The zero-order valence-electron chi connectivity index (χ0n) is 17.3. The molecule has 4 aromatic rings. The summed E-state index contributed by atoms with van der Waals surface area (Å²) < 4.78 is 11.3. The van der Waals surface area contributed by atoms with E-state index < -0.39 is 0 Å². The van der Waals surface area contributed by atoms with E-state index in [-0.39, 0.29) is 12.0 Å². The fourth-order valence-electron chi connectivity index (χ4n) is 3.47. The molecule has 1 N–H and O–H groups in total. The lowest BCUT2D eigenvalue weighted by atomic mass is 10.0. The molecule has 0 bridgehead atoms. The van der Waals surface area contributed by atoms with E-state index in [1.165, 1.54) is 0 Å². The predicted molar refractivity (Wildman–Crippen MR) is 124 cm³/mol. The summed E-state index contributed by atoms with van der Waals surface area (Å²) in [7, 11) is 0. The highest BCUT2D eigenvalue weighted by Crippen LogP contribution is 2.39. The number of halogens is 1. The Morgan fingerprint density at radius 2 is 1.97 bits per heavy atom. The highest BCUT2D eigenvalue weighted by Gasteiger charge is 2.24. The molecule has 1 saturated heterocycles. The zero-order chi connectivity index (χ0) is 22.8. The Morgan fingerprint density at radius 1 is 1.15 bits per heavy atom. The van der Waals surface area contributed by atoms with Gasteiger partial charge in [-0.05, 0) is 54.1 Å². The third-order valence-electron chi connectivity index (χ3n) is 5.23. The number of rotatable bonds is 5. The van der Waals surface area contributed by atoms with Crippen LogP contribution in [0.3, 0.4) is 0 Å². The minimum absolute atomic E-state index is 0.121. The first-order valence-corrected chi connectivity index (χ1v) is 10.6. The third kappa shape index (κ3) is 4.35. The van der Waals surface area contributed by atoms with Crippen molar-refractivity contribution in [2.45, 2.75) is 6.10 Å². The molecule has 2 aromatic carbocycles. The van der Waals surface area contributed by atoms with Gasteiger partial charge in [0, 0.05) is 22.7 Å². The molecule has 0 saturated carbocycles. The molecule has 0 atom stereocenters. The predicted octanol–water partition coefficient (Wildman–Crippen LogP) is 4.85. The molecule has 1 aliphatic rings. The summed E-state index contributed by atoms with van der Waals surface area (Å²) in [5.74, 6) is 0.480. The second-order valence-corrected chi connectivity index (χ2v) is 7.91. The van der Waals surface area contributed by atoms with Crippen LogP contribution in [0.25, 0.3) is 22.2 Å². The molecule has 0 aliphatic carbocycles. The Kier molecular flexibility index (Phi) is 5.61. The van der Waals surface area contributed by atoms with Gasteiger partial charge in [-0.15, -0.1) is 0 Å².